The van der Waals surface area contributed by atoms with Gasteiger partial charge in [0.2, 0.25) is 0 Å². The summed E-state index contributed by atoms with van der Waals surface area (Å²) in [6.45, 7) is 14.1. The quantitative estimate of drug-likeness (QED) is 0.279. The zero-order valence-electron chi connectivity index (χ0n) is 21.7. The van der Waals surface area contributed by atoms with Crippen molar-refractivity contribution in [3.8, 4) is 0 Å². The fraction of sp³-hybridized carbons (Fsp3) is 0.929. The van der Waals surface area contributed by atoms with Gasteiger partial charge in [0.05, 0.1) is 18.4 Å². The van der Waals surface area contributed by atoms with E-state index in [1.54, 1.807) is 0 Å². The maximum absolute atomic E-state index is 12.9. The lowest BCUT2D eigenvalue weighted by atomic mass is 9.60. The van der Waals surface area contributed by atoms with Gasteiger partial charge in [0.25, 0.3) is 0 Å². The number of esters is 1. The van der Waals surface area contributed by atoms with Gasteiger partial charge in [0.1, 0.15) is 0 Å². The molecular formula is C28H50O4. The molecule has 0 spiro atoms. The minimum atomic E-state index is -0.846. The van der Waals surface area contributed by atoms with Gasteiger partial charge in [-0.2, -0.15) is 0 Å². The van der Waals surface area contributed by atoms with E-state index in [9.17, 15) is 14.7 Å². The smallest absolute Gasteiger partial charge is 0.309 e. The summed E-state index contributed by atoms with van der Waals surface area (Å²) in [7, 11) is 0. The van der Waals surface area contributed by atoms with Gasteiger partial charge in [0.15, 0.2) is 0 Å². The van der Waals surface area contributed by atoms with Crippen molar-refractivity contribution in [3.63, 3.8) is 0 Å². The summed E-state index contributed by atoms with van der Waals surface area (Å²) in [5, 5.41) is 9.66. The third-order valence-electron chi connectivity index (χ3n) is 8.64. The zero-order valence-corrected chi connectivity index (χ0v) is 21.7. The fourth-order valence-corrected chi connectivity index (χ4v) is 6.58. The van der Waals surface area contributed by atoms with E-state index < -0.39 is 17.8 Å². The monoisotopic (exact) mass is 450 g/mol. The molecule has 2 aliphatic rings. The number of aliphatic carboxylic acids is 1. The first-order valence-electron chi connectivity index (χ1n) is 13.5. The summed E-state index contributed by atoms with van der Waals surface area (Å²) >= 11 is 0. The predicted octanol–water partition coefficient (Wildman–Crippen LogP) is 7.35. The first-order valence-corrected chi connectivity index (χ1v) is 13.5. The molecule has 0 amide bonds. The van der Waals surface area contributed by atoms with Gasteiger partial charge in [-0.25, -0.2) is 0 Å². The molecule has 0 saturated heterocycles. The second kappa shape index (κ2) is 12.4. The Labute approximate surface area is 197 Å². The molecule has 4 heteroatoms. The second-order valence-corrected chi connectivity index (χ2v) is 12.2. The molecule has 4 nitrogen and oxygen atoms in total. The predicted molar refractivity (Wildman–Crippen MR) is 130 cm³/mol. The lowest BCUT2D eigenvalue weighted by molar-refractivity contribution is -0.164. The van der Waals surface area contributed by atoms with Crippen LogP contribution in [0.15, 0.2) is 0 Å². The molecule has 7 atom stereocenters. The molecule has 1 N–H and O–H groups in total. The average molecular weight is 451 g/mol. The van der Waals surface area contributed by atoms with E-state index in [1.165, 1.54) is 44.9 Å². The molecule has 0 heterocycles. The Hall–Kier alpha value is -1.06. The standard InChI is InChI=1S/C28H50O4/c1-7-8-9-10-11-14-21-17-22(20(3)16-24(21)28(4,5)6)18-32-27(31)23-15-12-13-19(2)25(23)26(29)30/h19-25H,7-18H2,1-6H3,(H,29,30). The SMILES string of the molecule is CCCCCCCC1CC(COC(=O)C2CCCC(C)C2C(=O)O)C(C)CC1C(C)(C)C. The number of hydrogen-bond acceptors (Lipinski definition) is 3. The van der Waals surface area contributed by atoms with E-state index in [0.29, 0.717) is 42.1 Å². The molecule has 0 aromatic rings. The number of carbonyl (C=O) groups excluding carboxylic acids is 1. The van der Waals surface area contributed by atoms with E-state index >= 15 is 0 Å². The minimum absolute atomic E-state index is 0.0389. The van der Waals surface area contributed by atoms with Crippen molar-refractivity contribution in [1.82, 2.24) is 0 Å². The van der Waals surface area contributed by atoms with Crippen molar-refractivity contribution in [3.05, 3.63) is 0 Å². The van der Waals surface area contributed by atoms with Crippen molar-refractivity contribution >= 4 is 11.9 Å². The third kappa shape index (κ3) is 7.48. The van der Waals surface area contributed by atoms with Crippen LogP contribution in [0.4, 0.5) is 0 Å². The molecule has 2 rings (SSSR count). The van der Waals surface area contributed by atoms with Crippen molar-refractivity contribution < 1.29 is 19.4 Å². The summed E-state index contributed by atoms with van der Waals surface area (Å²) < 4.78 is 5.84. The molecule has 186 valence electrons. The third-order valence-corrected chi connectivity index (χ3v) is 8.64. The molecule has 2 fully saturated rings. The van der Waals surface area contributed by atoms with Gasteiger partial charge in [-0.1, -0.05) is 86.5 Å². The van der Waals surface area contributed by atoms with Crippen LogP contribution in [-0.2, 0) is 14.3 Å². The van der Waals surface area contributed by atoms with Gasteiger partial charge >= 0.3 is 11.9 Å². The van der Waals surface area contributed by atoms with Crippen LogP contribution in [0.3, 0.4) is 0 Å². The van der Waals surface area contributed by atoms with Gasteiger partial charge in [-0.15, -0.1) is 0 Å². The van der Waals surface area contributed by atoms with Crippen LogP contribution in [0, 0.1) is 46.8 Å². The van der Waals surface area contributed by atoms with Crippen LogP contribution in [0.5, 0.6) is 0 Å². The lowest BCUT2D eigenvalue weighted by Crippen LogP contribution is -2.41. The average Bonchev–Trinajstić information content (AvgIpc) is 2.71. The fourth-order valence-electron chi connectivity index (χ4n) is 6.58. The number of hydrogen-bond donors (Lipinski definition) is 1. The largest absolute Gasteiger partial charge is 0.481 e. The first kappa shape index (κ1) is 27.2. The van der Waals surface area contributed by atoms with E-state index in [1.807, 2.05) is 6.92 Å². The number of rotatable bonds is 10. The van der Waals surface area contributed by atoms with E-state index in [0.717, 1.165) is 19.3 Å². The number of unbranched alkanes of at least 4 members (excludes halogenated alkanes) is 4. The Morgan fingerprint density at radius 1 is 0.938 bits per heavy atom. The molecule has 32 heavy (non-hydrogen) atoms. The van der Waals surface area contributed by atoms with E-state index in [2.05, 4.69) is 34.6 Å². The van der Waals surface area contributed by atoms with Gasteiger partial charge < -0.3 is 9.84 Å². The highest BCUT2D eigenvalue weighted by atomic mass is 16.5. The van der Waals surface area contributed by atoms with Gasteiger partial charge in [-0.3, -0.25) is 9.59 Å². The van der Waals surface area contributed by atoms with E-state index in [4.69, 9.17) is 4.74 Å². The Morgan fingerprint density at radius 2 is 1.62 bits per heavy atom. The van der Waals surface area contributed by atoms with Crippen LogP contribution in [0.1, 0.15) is 112 Å². The van der Waals surface area contributed by atoms with Crippen LogP contribution in [0.2, 0.25) is 0 Å². The Kier molecular flexibility index (Phi) is 10.5. The van der Waals surface area contributed by atoms with Crippen molar-refractivity contribution in [2.24, 2.45) is 46.8 Å². The molecular weight excluding hydrogens is 400 g/mol. The van der Waals surface area contributed by atoms with Crippen LogP contribution < -0.4 is 0 Å². The second-order valence-electron chi connectivity index (χ2n) is 12.2. The molecule has 0 aromatic heterocycles. The van der Waals surface area contributed by atoms with Crippen molar-refractivity contribution in [2.45, 2.75) is 112 Å². The topological polar surface area (TPSA) is 63.6 Å². The summed E-state index contributed by atoms with van der Waals surface area (Å²) in [5.74, 6) is 0.173. The van der Waals surface area contributed by atoms with Gasteiger partial charge in [-0.05, 0) is 60.7 Å². The highest BCUT2D eigenvalue weighted by Gasteiger charge is 2.43. The van der Waals surface area contributed by atoms with Crippen LogP contribution in [-0.4, -0.2) is 23.7 Å². The molecule has 0 bridgehead atoms. The summed E-state index contributed by atoms with van der Waals surface area (Å²) in [5.41, 5.74) is 0.303. The van der Waals surface area contributed by atoms with Crippen molar-refractivity contribution in [1.29, 1.82) is 0 Å². The van der Waals surface area contributed by atoms with Crippen LogP contribution >= 0.6 is 0 Å². The number of carboxylic acid groups (broad SMARTS) is 1. The molecule has 0 aromatic carbocycles. The summed E-state index contributed by atoms with van der Waals surface area (Å²) in [6, 6.07) is 0. The van der Waals surface area contributed by atoms with Crippen molar-refractivity contribution in [2.75, 3.05) is 6.61 Å². The van der Waals surface area contributed by atoms with Gasteiger partial charge in [0, 0.05) is 0 Å². The Bertz CT molecular complexity index is 593. The highest BCUT2D eigenvalue weighted by molar-refractivity contribution is 5.81. The van der Waals surface area contributed by atoms with Crippen LogP contribution in [0.25, 0.3) is 0 Å². The molecule has 2 aliphatic carbocycles. The molecule has 0 aliphatic heterocycles. The zero-order chi connectivity index (χ0) is 23.9. The lowest BCUT2D eigenvalue weighted by Gasteiger charge is -2.46. The summed E-state index contributed by atoms with van der Waals surface area (Å²) in [4.78, 5) is 24.7. The normalized spacial score (nSPS) is 33.6. The molecule has 2 saturated carbocycles. The number of carboxylic acids is 1. The van der Waals surface area contributed by atoms with E-state index in [-0.39, 0.29) is 11.9 Å². The number of carbonyl (C=O) groups is 2. The maximum Gasteiger partial charge on any atom is 0.309 e. The maximum atomic E-state index is 12.9. The summed E-state index contributed by atoms with van der Waals surface area (Å²) in [6.07, 6.45) is 12.6. The highest BCUT2D eigenvalue weighted by Crippen LogP contribution is 2.48. The Morgan fingerprint density at radius 3 is 2.25 bits per heavy atom. The Balaban J connectivity index is 1.96. The number of ether oxygens (including phenoxy) is 1. The first-order chi connectivity index (χ1) is 15.1. The minimum Gasteiger partial charge on any atom is -0.481 e. The molecule has 7 unspecified atom stereocenters. The molecule has 0 radical (unpaired) electrons.